The molecule has 0 radical (unpaired) electrons. The zero-order valence-electron chi connectivity index (χ0n) is 13.9. The zero-order valence-corrected chi connectivity index (χ0v) is 13.9. The van der Waals surface area contributed by atoms with Gasteiger partial charge in [0.15, 0.2) is 0 Å². The van der Waals surface area contributed by atoms with Crippen LogP contribution >= 0.6 is 0 Å². The molecule has 0 aromatic heterocycles. The average Bonchev–Trinajstić information content (AvgIpc) is 2.63. The highest BCUT2D eigenvalue weighted by atomic mass is 16.5. The maximum Gasteiger partial charge on any atom is 0.253 e. The molecule has 1 amide bonds. The van der Waals surface area contributed by atoms with Crippen molar-refractivity contribution in [2.45, 2.75) is 26.1 Å². The fraction of sp³-hybridized carbons (Fsp3) is 0.350. The van der Waals surface area contributed by atoms with E-state index in [-0.39, 0.29) is 11.8 Å². The van der Waals surface area contributed by atoms with Gasteiger partial charge in [-0.3, -0.25) is 4.79 Å². The summed E-state index contributed by atoms with van der Waals surface area (Å²) in [6, 6.07) is 17.1. The fourth-order valence-corrected chi connectivity index (χ4v) is 2.84. The van der Waals surface area contributed by atoms with Gasteiger partial charge >= 0.3 is 0 Å². The SMILES string of the molecule is CC1CCN(C(=O)c2ccc(COc3ccccc3)cc2)CC1O. The number of aliphatic hydroxyl groups excluding tert-OH is 1. The van der Waals surface area contributed by atoms with Gasteiger partial charge in [-0.15, -0.1) is 0 Å². The van der Waals surface area contributed by atoms with Gasteiger partial charge in [-0.25, -0.2) is 0 Å². The molecule has 0 aliphatic carbocycles. The molecular formula is C20H23NO3. The summed E-state index contributed by atoms with van der Waals surface area (Å²) < 4.78 is 5.71. The number of β-amino-alcohol motifs (C(OH)–C–C–N with tert-alkyl or cyclic N) is 1. The average molecular weight is 325 g/mol. The van der Waals surface area contributed by atoms with Crippen molar-refractivity contribution in [2.24, 2.45) is 5.92 Å². The predicted molar refractivity (Wildman–Crippen MR) is 92.9 cm³/mol. The number of ether oxygens (including phenoxy) is 1. The van der Waals surface area contributed by atoms with Crippen molar-refractivity contribution < 1.29 is 14.6 Å². The third-order valence-electron chi connectivity index (χ3n) is 4.56. The number of amides is 1. The highest BCUT2D eigenvalue weighted by molar-refractivity contribution is 5.94. The molecule has 1 fully saturated rings. The number of piperidine rings is 1. The van der Waals surface area contributed by atoms with Gasteiger partial charge < -0.3 is 14.7 Å². The zero-order chi connectivity index (χ0) is 16.9. The number of aliphatic hydroxyl groups is 1. The number of para-hydroxylation sites is 1. The van der Waals surface area contributed by atoms with Crippen LogP contribution < -0.4 is 4.74 Å². The third-order valence-corrected chi connectivity index (χ3v) is 4.56. The van der Waals surface area contributed by atoms with Crippen LogP contribution in [-0.2, 0) is 6.61 Å². The highest BCUT2D eigenvalue weighted by Crippen LogP contribution is 2.19. The van der Waals surface area contributed by atoms with E-state index in [1.807, 2.05) is 61.5 Å². The lowest BCUT2D eigenvalue weighted by Crippen LogP contribution is -2.45. The topological polar surface area (TPSA) is 49.8 Å². The van der Waals surface area contributed by atoms with E-state index in [1.165, 1.54) is 0 Å². The number of nitrogens with zero attached hydrogens (tertiary/aromatic N) is 1. The standard InChI is InChI=1S/C20H23NO3/c1-15-11-12-21(13-19(15)22)20(23)17-9-7-16(8-10-17)14-24-18-5-3-2-4-6-18/h2-10,15,19,22H,11-14H2,1H3. The second-order valence-corrected chi connectivity index (χ2v) is 6.38. The Morgan fingerprint density at radius 1 is 1.17 bits per heavy atom. The van der Waals surface area contributed by atoms with Gasteiger partial charge in [0.05, 0.1) is 6.10 Å². The summed E-state index contributed by atoms with van der Waals surface area (Å²) in [6.07, 6.45) is 0.414. The molecule has 24 heavy (non-hydrogen) atoms. The Bertz CT molecular complexity index is 669. The molecule has 0 bridgehead atoms. The van der Waals surface area contributed by atoms with Crippen LogP contribution in [0, 0.1) is 5.92 Å². The summed E-state index contributed by atoms with van der Waals surface area (Å²) in [5.41, 5.74) is 1.67. The first-order chi connectivity index (χ1) is 11.6. The Kier molecular flexibility index (Phi) is 5.16. The molecule has 1 heterocycles. The Morgan fingerprint density at radius 2 is 1.88 bits per heavy atom. The van der Waals surface area contributed by atoms with Gasteiger partial charge in [0, 0.05) is 18.7 Å². The molecule has 2 atom stereocenters. The second kappa shape index (κ2) is 7.49. The summed E-state index contributed by atoms with van der Waals surface area (Å²) in [4.78, 5) is 14.3. The van der Waals surface area contributed by atoms with E-state index in [0.717, 1.165) is 17.7 Å². The molecule has 1 aliphatic rings. The number of carbonyl (C=O) groups excluding carboxylic acids is 1. The van der Waals surface area contributed by atoms with Crippen LogP contribution in [0.4, 0.5) is 0 Å². The minimum Gasteiger partial charge on any atom is -0.489 e. The first-order valence-electron chi connectivity index (χ1n) is 8.37. The minimum atomic E-state index is -0.429. The molecule has 1 saturated heterocycles. The molecule has 0 saturated carbocycles. The van der Waals surface area contributed by atoms with Crippen LogP contribution in [0.15, 0.2) is 54.6 Å². The lowest BCUT2D eigenvalue weighted by Gasteiger charge is -2.34. The second-order valence-electron chi connectivity index (χ2n) is 6.38. The van der Waals surface area contributed by atoms with E-state index in [2.05, 4.69) is 0 Å². The first-order valence-corrected chi connectivity index (χ1v) is 8.37. The molecule has 2 aromatic carbocycles. The predicted octanol–water partition coefficient (Wildman–Crippen LogP) is 3.11. The molecule has 4 heteroatoms. The number of carbonyl (C=O) groups is 1. The van der Waals surface area contributed by atoms with Gasteiger partial charge in [0.25, 0.3) is 5.91 Å². The summed E-state index contributed by atoms with van der Waals surface area (Å²) in [7, 11) is 0. The monoisotopic (exact) mass is 325 g/mol. The summed E-state index contributed by atoms with van der Waals surface area (Å²) in [5, 5.41) is 9.96. The molecule has 126 valence electrons. The largest absolute Gasteiger partial charge is 0.489 e. The summed E-state index contributed by atoms with van der Waals surface area (Å²) in [5.74, 6) is 1.07. The van der Waals surface area contributed by atoms with E-state index in [0.29, 0.717) is 25.3 Å². The Morgan fingerprint density at radius 3 is 2.54 bits per heavy atom. The van der Waals surface area contributed by atoms with Gasteiger partial charge in [-0.1, -0.05) is 37.3 Å². The maximum atomic E-state index is 12.5. The number of likely N-dealkylation sites (tertiary alicyclic amines) is 1. The van der Waals surface area contributed by atoms with E-state index < -0.39 is 6.10 Å². The van der Waals surface area contributed by atoms with Crippen LogP contribution in [0.3, 0.4) is 0 Å². The minimum absolute atomic E-state index is 0.0172. The lowest BCUT2D eigenvalue weighted by atomic mass is 9.95. The summed E-state index contributed by atoms with van der Waals surface area (Å²) >= 11 is 0. The quantitative estimate of drug-likeness (QED) is 0.940. The van der Waals surface area contributed by atoms with Crippen molar-refractivity contribution in [3.63, 3.8) is 0 Å². The number of hydrogen-bond donors (Lipinski definition) is 1. The number of hydrogen-bond acceptors (Lipinski definition) is 3. The van der Waals surface area contributed by atoms with Crippen LogP contribution in [0.25, 0.3) is 0 Å². The van der Waals surface area contributed by atoms with Gasteiger partial charge in [0.1, 0.15) is 12.4 Å². The van der Waals surface area contributed by atoms with Crippen LogP contribution in [-0.4, -0.2) is 35.1 Å². The molecule has 1 aliphatic heterocycles. The molecule has 2 aromatic rings. The molecule has 3 rings (SSSR count). The van der Waals surface area contributed by atoms with Crippen LogP contribution in [0.2, 0.25) is 0 Å². The number of rotatable bonds is 4. The molecule has 4 nitrogen and oxygen atoms in total. The summed E-state index contributed by atoms with van der Waals surface area (Å²) in [6.45, 7) is 3.61. The van der Waals surface area contributed by atoms with Crippen molar-refractivity contribution in [2.75, 3.05) is 13.1 Å². The van der Waals surface area contributed by atoms with E-state index in [9.17, 15) is 9.90 Å². The molecule has 2 unspecified atom stereocenters. The Labute approximate surface area is 142 Å². The Hall–Kier alpha value is -2.33. The van der Waals surface area contributed by atoms with Crippen LogP contribution in [0.5, 0.6) is 5.75 Å². The van der Waals surface area contributed by atoms with Gasteiger partial charge in [-0.05, 0) is 42.2 Å². The van der Waals surface area contributed by atoms with Crippen molar-refractivity contribution in [3.8, 4) is 5.75 Å². The van der Waals surface area contributed by atoms with Gasteiger partial charge in [0.2, 0.25) is 0 Å². The smallest absolute Gasteiger partial charge is 0.253 e. The van der Waals surface area contributed by atoms with Gasteiger partial charge in [-0.2, -0.15) is 0 Å². The number of benzene rings is 2. The van der Waals surface area contributed by atoms with Crippen molar-refractivity contribution in [1.82, 2.24) is 4.90 Å². The van der Waals surface area contributed by atoms with Crippen molar-refractivity contribution in [1.29, 1.82) is 0 Å². The van der Waals surface area contributed by atoms with E-state index in [4.69, 9.17) is 4.74 Å². The third kappa shape index (κ3) is 3.95. The molecular weight excluding hydrogens is 302 g/mol. The van der Waals surface area contributed by atoms with Crippen molar-refractivity contribution >= 4 is 5.91 Å². The lowest BCUT2D eigenvalue weighted by molar-refractivity contribution is 0.0248. The highest BCUT2D eigenvalue weighted by Gasteiger charge is 2.27. The van der Waals surface area contributed by atoms with E-state index in [1.54, 1.807) is 4.90 Å². The van der Waals surface area contributed by atoms with Crippen molar-refractivity contribution in [3.05, 3.63) is 65.7 Å². The first kappa shape index (κ1) is 16.5. The Balaban J connectivity index is 1.59. The van der Waals surface area contributed by atoms with E-state index >= 15 is 0 Å². The molecule has 1 N–H and O–H groups in total. The maximum absolute atomic E-state index is 12.5. The fourth-order valence-electron chi connectivity index (χ4n) is 2.84. The molecule has 0 spiro atoms. The van der Waals surface area contributed by atoms with Crippen LogP contribution in [0.1, 0.15) is 29.3 Å². The normalized spacial score (nSPS) is 20.7.